The molecule has 0 atom stereocenters. The van der Waals surface area contributed by atoms with Crippen molar-refractivity contribution >= 4 is 6.09 Å². The van der Waals surface area contributed by atoms with Crippen LogP contribution in [0, 0.1) is 12.7 Å². The molecule has 6 heteroatoms. The van der Waals surface area contributed by atoms with Crippen LogP contribution in [0.25, 0.3) is 11.3 Å². The lowest BCUT2D eigenvalue weighted by Crippen LogP contribution is -2.27. The van der Waals surface area contributed by atoms with E-state index in [1.807, 2.05) is 20.8 Å². The van der Waals surface area contributed by atoms with Crippen LogP contribution in [0.3, 0.4) is 0 Å². The lowest BCUT2D eigenvalue weighted by Gasteiger charge is -2.18. The van der Waals surface area contributed by atoms with Gasteiger partial charge < -0.3 is 4.74 Å². The van der Waals surface area contributed by atoms with E-state index in [1.165, 1.54) is 16.9 Å². The maximum Gasteiger partial charge on any atom is 0.435 e. The number of hydrogen-bond acceptors (Lipinski definition) is 4. The molecular weight excluding hydrogens is 297 g/mol. The SMILES string of the molecule is Cc1cc(F)cnc1-c1cn(C(=O)OC(C)(C)C)nc1C1CC1. The maximum atomic E-state index is 13.3. The summed E-state index contributed by atoms with van der Waals surface area (Å²) in [5, 5.41) is 4.40. The molecule has 2 aromatic heterocycles. The molecule has 0 unspecified atom stereocenters. The van der Waals surface area contributed by atoms with Gasteiger partial charge in [0.15, 0.2) is 0 Å². The van der Waals surface area contributed by atoms with Crippen LogP contribution < -0.4 is 0 Å². The summed E-state index contributed by atoms with van der Waals surface area (Å²) in [6.07, 6.45) is 4.38. The molecule has 1 saturated carbocycles. The van der Waals surface area contributed by atoms with E-state index >= 15 is 0 Å². The molecule has 0 aromatic carbocycles. The highest BCUT2D eigenvalue weighted by atomic mass is 19.1. The summed E-state index contributed by atoms with van der Waals surface area (Å²) in [6, 6.07) is 1.43. The van der Waals surface area contributed by atoms with Gasteiger partial charge in [-0.2, -0.15) is 9.78 Å². The Hall–Kier alpha value is -2.24. The third-order valence-corrected chi connectivity index (χ3v) is 3.59. The molecule has 2 heterocycles. The number of halogens is 1. The van der Waals surface area contributed by atoms with Crippen molar-refractivity contribution in [3.8, 4) is 11.3 Å². The number of carbonyl (C=O) groups is 1. The standard InChI is InChI=1S/C17H20FN3O2/c1-10-7-12(18)8-19-14(10)13-9-21(16(22)23-17(2,3)4)20-15(13)11-5-6-11/h7-9,11H,5-6H2,1-4H3. The summed E-state index contributed by atoms with van der Waals surface area (Å²) < 4.78 is 19.9. The zero-order valence-corrected chi connectivity index (χ0v) is 13.8. The molecule has 0 spiro atoms. The van der Waals surface area contributed by atoms with Crippen molar-refractivity contribution in [3.05, 3.63) is 35.5 Å². The molecule has 3 rings (SSSR count). The molecule has 1 aliphatic carbocycles. The van der Waals surface area contributed by atoms with Gasteiger partial charge in [0.05, 0.1) is 17.6 Å². The molecule has 1 aliphatic rings. The summed E-state index contributed by atoms with van der Waals surface area (Å²) in [5.74, 6) is -0.0429. The minimum atomic E-state index is -0.590. The van der Waals surface area contributed by atoms with Gasteiger partial charge in [-0.3, -0.25) is 4.98 Å². The molecule has 0 radical (unpaired) electrons. The Labute approximate surface area is 134 Å². The summed E-state index contributed by atoms with van der Waals surface area (Å²) in [7, 11) is 0. The van der Waals surface area contributed by atoms with Crippen LogP contribution >= 0.6 is 0 Å². The van der Waals surface area contributed by atoms with Gasteiger partial charge in [0.1, 0.15) is 11.4 Å². The molecule has 5 nitrogen and oxygen atoms in total. The van der Waals surface area contributed by atoms with E-state index in [1.54, 1.807) is 13.1 Å². The van der Waals surface area contributed by atoms with Gasteiger partial charge in [-0.05, 0) is 52.2 Å². The van der Waals surface area contributed by atoms with Crippen LogP contribution in [0.15, 0.2) is 18.5 Å². The van der Waals surface area contributed by atoms with E-state index < -0.39 is 11.7 Å². The zero-order chi connectivity index (χ0) is 16.8. The fourth-order valence-electron chi connectivity index (χ4n) is 2.45. The third kappa shape index (κ3) is 3.41. The van der Waals surface area contributed by atoms with E-state index in [0.29, 0.717) is 11.6 Å². The highest BCUT2D eigenvalue weighted by Crippen LogP contribution is 2.43. The van der Waals surface area contributed by atoms with Crippen LogP contribution in [0.4, 0.5) is 9.18 Å². The first-order chi connectivity index (χ1) is 10.7. The molecule has 0 amide bonds. The van der Waals surface area contributed by atoms with Crippen molar-refractivity contribution in [3.63, 3.8) is 0 Å². The number of ether oxygens (including phenoxy) is 1. The van der Waals surface area contributed by atoms with Crippen molar-refractivity contribution < 1.29 is 13.9 Å². The van der Waals surface area contributed by atoms with Gasteiger partial charge in [0, 0.05) is 17.7 Å². The predicted molar refractivity (Wildman–Crippen MR) is 83.8 cm³/mol. The van der Waals surface area contributed by atoms with Crippen molar-refractivity contribution in [1.29, 1.82) is 0 Å². The fourth-order valence-corrected chi connectivity index (χ4v) is 2.45. The average molecular weight is 317 g/mol. The van der Waals surface area contributed by atoms with Gasteiger partial charge in [0.25, 0.3) is 0 Å². The van der Waals surface area contributed by atoms with Crippen LogP contribution in [-0.2, 0) is 4.74 Å². The highest BCUT2D eigenvalue weighted by Gasteiger charge is 2.32. The summed E-state index contributed by atoms with van der Waals surface area (Å²) in [4.78, 5) is 16.4. The fraction of sp³-hybridized carbons (Fsp3) is 0.471. The molecule has 122 valence electrons. The molecule has 0 bridgehead atoms. The summed E-state index contributed by atoms with van der Waals surface area (Å²) in [6.45, 7) is 7.22. The Morgan fingerprint density at radius 3 is 2.65 bits per heavy atom. The molecule has 0 aliphatic heterocycles. The summed E-state index contributed by atoms with van der Waals surface area (Å²) in [5.41, 5.74) is 2.39. The normalized spacial score (nSPS) is 14.8. The lowest BCUT2D eigenvalue weighted by molar-refractivity contribution is 0.0514. The van der Waals surface area contributed by atoms with E-state index in [0.717, 1.165) is 29.7 Å². The van der Waals surface area contributed by atoms with Crippen LogP contribution in [-0.4, -0.2) is 26.5 Å². The second-order valence-corrected chi connectivity index (χ2v) is 6.95. The highest BCUT2D eigenvalue weighted by molar-refractivity contribution is 5.74. The third-order valence-electron chi connectivity index (χ3n) is 3.59. The van der Waals surface area contributed by atoms with Crippen LogP contribution in [0.1, 0.15) is 50.8 Å². The van der Waals surface area contributed by atoms with Crippen molar-refractivity contribution in [1.82, 2.24) is 14.8 Å². The van der Waals surface area contributed by atoms with Crippen molar-refractivity contribution in [2.45, 2.75) is 52.1 Å². The molecule has 23 heavy (non-hydrogen) atoms. The number of aryl methyl sites for hydroxylation is 1. The number of hydrogen-bond donors (Lipinski definition) is 0. The van der Waals surface area contributed by atoms with Crippen LogP contribution in [0.5, 0.6) is 0 Å². The topological polar surface area (TPSA) is 57.0 Å². The Kier molecular flexibility index (Phi) is 3.70. The van der Waals surface area contributed by atoms with Gasteiger partial charge in [-0.15, -0.1) is 0 Å². The van der Waals surface area contributed by atoms with E-state index in [-0.39, 0.29) is 5.82 Å². The van der Waals surface area contributed by atoms with Gasteiger partial charge in [0.2, 0.25) is 0 Å². The van der Waals surface area contributed by atoms with E-state index in [2.05, 4.69) is 10.1 Å². The van der Waals surface area contributed by atoms with Crippen molar-refractivity contribution in [2.24, 2.45) is 0 Å². The largest absolute Gasteiger partial charge is 0.442 e. The van der Waals surface area contributed by atoms with Gasteiger partial charge in [-0.25, -0.2) is 9.18 Å². The second kappa shape index (κ2) is 5.44. The first kappa shape index (κ1) is 15.6. The number of aromatic nitrogens is 3. The first-order valence-corrected chi connectivity index (χ1v) is 7.70. The molecular formula is C17H20FN3O2. The summed E-state index contributed by atoms with van der Waals surface area (Å²) >= 11 is 0. The smallest absolute Gasteiger partial charge is 0.435 e. The minimum absolute atomic E-state index is 0.333. The number of carbonyl (C=O) groups excluding carboxylic acids is 1. The Morgan fingerprint density at radius 1 is 1.39 bits per heavy atom. The van der Waals surface area contributed by atoms with Crippen LogP contribution in [0.2, 0.25) is 0 Å². The van der Waals surface area contributed by atoms with E-state index in [9.17, 15) is 9.18 Å². The number of pyridine rings is 1. The Balaban J connectivity index is 2.01. The Morgan fingerprint density at radius 2 is 2.09 bits per heavy atom. The van der Waals surface area contributed by atoms with Gasteiger partial charge >= 0.3 is 6.09 Å². The van der Waals surface area contributed by atoms with E-state index in [4.69, 9.17) is 4.74 Å². The van der Waals surface area contributed by atoms with Gasteiger partial charge in [-0.1, -0.05) is 0 Å². The average Bonchev–Trinajstić information content (AvgIpc) is 3.16. The number of nitrogens with zero attached hydrogens (tertiary/aromatic N) is 3. The predicted octanol–water partition coefficient (Wildman–Crippen LogP) is 4.05. The van der Waals surface area contributed by atoms with Crippen molar-refractivity contribution in [2.75, 3.05) is 0 Å². The first-order valence-electron chi connectivity index (χ1n) is 7.70. The zero-order valence-electron chi connectivity index (χ0n) is 13.8. The molecule has 0 saturated heterocycles. The lowest BCUT2D eigenvalue weighted by atomic mass is 10.1. The quantitative estimate of drug-likeness (QED) is 0.838. The molecule has 0 N–H and O–H groups in total. The minimum Gasteiger partial charge on any atom is -0.442 e. The second-order valence-electron chi connectivity index (χ2n) is 6.95. The monoisotopic (exact) mass is 317 g/mol. The molecule has 2 aromatic rings. The Bertz CT molecular complexity index is 758. The maximum absolute atomic E-state index is 13.3. The number of rotatable bonds is 2. The molecule has 1 fully saturated rings.